The van der Waals surface area contributed by atoms with Gasteiger partial charge in [0, 0.05) is 36.1 Å². The second-order valence-corrected chi connectivity index (χ2v) is 9.14. The summed E-state index contributed by atoms with van der Waals surface area (Å²) < 4.78 is 5.16. The van der Waals surface area contributed by atoms with Gasteiger partial charge in [-0.2, -0.15) is 0 Å². The number of fused-ring (bicyclic) bond motifs is 3. The number of hydrogen-bond donors (Lipinski definition) is 1. The van der Waals surface area contributed by atoms with Gasteiger partial charge in [-0.15, -0.1) is 0 Å². The highest BCUT2D eigenvalue weighted by Crippen LogP contribution is 2.41. The molecule has 3 aliphatic rings. The molecule has 1 N–H and O–H groups in total. The summed E-state index contributed by atoms with van der Waals surface area (Å²) in [6.45, 7) is 9.98. The molecule has 2 saturated heterocycles. The summed E-state index contributed by atoms with van der Waals surface area (Å²) >= 11 is 0. The van der Waals surface area contributed by atoms with Gasteiger partial charge in [-0.05, 0) is 62.1 Å². The first kappa shape index (κ1) is 20.2. The molecule has 2 fully saturated rings. The van der Waals surface area contributed by atoms with Crippen molar-refractivity contribution in [1.29, 1.82) is 0 Å². The lowest BCUT2D eigenvalue weighted by atomic mass is 9.86. The van der Waals surface area contributed by atoms with Crippen LogP contribution in [0.4, 0.5) is 5.69 Å². The van der Waals surface area contributed by atoms with E-state index >= 15 is 0 Å². The minimum Gasteiger partial charge on any atom is -0.457 e. The molecule has 31 heavy (non-hydrogen) atoms. The molecule has 2 aromatic rings. The van der Waals surface area contributed by atoms with Gasteiger partial charge in [-0.1, -0.05) is 18.2 Å². The average molecular weight is 418 g/mol. The average Bonchev–Trinajstić information content (AvgIpc) is 3.25. The molecule has 6 heteroatoms. The van der Waals surface area contributed by atoms with Gasteiger partial charge in [0.15, 0.2) is 0 Å². The number of aliphatic hydroxyl groups excluding tert-OH is 1. The number of rotatable bonds is 5. The van der Waals surface area contributed by atoms with Gasteiger partial charge < -0.3 is 9.84 Å². The van der Waals surface area contributed by atoms with Crippen molar-refractivity contribution in [3.05, 3.63) is 69.8 Å². The standard InChI is InChI=1S/C25H27N3O3/c1-15-21(7-8-22-23(15)14-31-25(22)30)24(29)13-28-19-5-6-20(28)11-16(10-19)9-17-3-4-18(26-2)12-27-17/h3-4,7-8,12,16,19-20,24,29H,5-6,9-11,13-14H2,1H3/t16?,19-,20+,24-/m0/s1. The summed E-state index contributed by atoms with van der Waals surface area (Å²) in [4.78, 5) is 22.2. The zero-order valence-electron chi connectivity index (χ0n) is 17.8. The Kier molecular flexibility index (Phi) is 5.25. The largest absolute Gasteiger partial charge is 0.457 e. The van der Waals surface area contributed by atoms with Crippen LogP contribution < -0.4 is 0 Å². The normalized spacial score (nSPS) is 25.7. The van der Waals surface area contributed by atoms with E-state index in [-0.39, 0.29) is 5.97 Å². The van der Waals surface area contributed by atoms with E-state index in [1.807, 2.05) is 25.1 Å². The SMILES string of the molecule is [C-]#[N+]c1ccc(CC2C[C@H]3CC[C@@H](C2)N3C[C@H](O)c2ccc3c(c2C)COC3=O)nc1. The molecule has 1 aromatic carbocycles. The number of piperidine rings is 1. The number of cyclic esters (lactones) is 1. The Balaban J connectivity index is 1.25. The maximum atomic E-state index is 11.8. The van der Waals surface area contributed by atoms with Gasteiger partial charge in [-0.25, -0.2) is 9.64 Å². The summed E-state index contributed by atoms with van der Waals surface area (Å²) in [6, 6.07) is 8.52. The zero-order valence-corrected chi connectivity index (χ0v) is 17.8. The molecule has 2 bridgehead atoms. The fraction of sp³-hybridized carbons (Fsp3) is 0.480. The van der Waals surface area contributed by atoms with Crippen molar-refractivity contribution in [3.63, 3.8) is 0 Å². The molecule has 5 rings (SSSR count). The van der Waals surface area contributed by atoms with Gasteiger partial charge in [-0.3, -0.25) is 9.88 Å². The first-order chi connectivity index (χ1) is 15.0. The number of nitrogens with zero attached hydrogens (tertiary/aromatic N) is 3. The summed E-state index contributed by atoms with van der Waals surface area (Å²) in [5, 5.41) is 11.1. The molecule has 4 atom stereocenters. The quantitative estimate of drug-likeness (QED) is 0.585. The third-order valence-corrected chi connectivity index (χ3v) is 7.37. The first-order valence-electron chi connectivity index (χ1n) is 11.1. The van der Waals surface area contributed by atoms with E-state index in [0.29, 0.717) is 42.4 Å². The third-order valence-electron chi connectivity index (χ3n) is 7.37. The second kappa shape index (κ2) is 8.07. The molecule has 0 amide bonds. The van der Waals surface area contributed by atoms with Gasteiger partial charge in [0.25, 0.3) is 0 Å². The van der Waals surface area contributed by atoms with Crippen LogP contribution in [0.25, 0.3) is 4.85 Å². The third kappa shape index (κ3) is 3.73. The number of ether oxygens (including phenoxy) is 1. The zero-order chi connectivity index (χ0) is 21.5. The molecule has 0 radical (unpaired) electrons. The van der Waals surface area contributed by atoms with Crippen molar-refractivity contribution < 1.29 is 14.6 Å². The van der Waals surface area contributed by atoms with E-state index in [2.05, 4.69) is 14.7 Å². The highest BCUT2D eigenvalue weighted by atomic mass is 16.5. The molecule has 0 spiro atoms. The number of hydrogen-bond acceptors (Lipinski definition) is 5. The molecule has 3 aliphatic heterocycles. The fourth-order valence-electron chi connectivity index (χ4n) is 5.78. The van der Waals surface area contributed by atoms with E-state index in [4.69, 9.17) is 11.3 Å². The lowest BCUT2D eigenvalue weighted by molar-refractivity contribution is 0.0442. The predicted molar refractivity (Wildman–Crippen MR) is 116 cm³/mol. The first-order valence-corrected chi connectivity index (χ1v) is 11.1. The molecule has 1 aromatic heterocycles. The molecule has 1 unspecified atom stereocenters. The molecule has 0 aliphatic carbocycles. The number of esters is 1. The molecular weight excluding hydrogens is 390 g/mol. The van der Waals surface area contributed by atoms with Crippen LogP contribution in [0.3, 0.4) is 0 Å². The second-order valence-electron chi connectivity index (χ2n) is 9.14. The van der Waals surface area contributed by atoms with Crippen LogP contribution in [0.2, 0.25) is 0 Å². The number of aliphatic hydroxyl groups is 1. The Morgan fingerprint density at radius 2 is 2.03 bits per heavy atom. The molecule has 0 saturated carbocycles. The lowest BCUT2D eigenvalue weighted by Crippen LogP contribution is -2.45. The minimum atomic E-state index is -0.566. The predicted octanol–water partition coefficient (Wildman–Crippen LogP) is 4.13. The Bertz CT molecular complexity index is 1030. The van der Waals surface area contributed by atoms with Gasteiger partial charge in [0.1, 0.15) is 6.61 Å². The van der Waals surface area contributed by atoms with Crippen molar-refractivity contribution >= 4 is 11.7 Å². The molecule has 160 valence electrons. The van der Waals surface area contributed by atoms with E-state index in [1.165, 1.54) is 12.8 Å². The summed E-state index contributed by atoms with van der Waals surface area (Å²) in [5.41, 5.74) is 5.09. The van der Waals surface area contributed by atoms with E-state index in [9.17, 15) is 9.90 Å². The van der Waals surface area contributed by atoms with Gasteiger partial charge in [0.2, 0.25) is 5.69 Å². The monoisotopic (exact) mass is 417 g/mol. The maximum Gasteiger partial charge on any atom is 0.338 e. The highest BCUT2D eigenvalue weighted by Gasteiger charge is 2.41. The van der Waals surface area contributed by atoms with Crippen LogP contribution in [0.15, 0.2) is 30.5 Å². The van der Waals surface area contributed by atoms with Gasteiger partial charge in [0.05, 0.1) is 18.2 Å². The Morgan fingerprint density at radius 1 is 1.26 bits per heavy atom. The van der Waals surface area contributed by atoms with Crippen LogP contribution in [-0.2, 0) is 17.8 Å². The summed E-state index contributed by atoms with van der Waals surface area (Å²) in [5.74, 6) is 0.333. The minimum absolute atomic E-state index is 0.266. The topological polar surface area (TPSA) is 67.0 Å². The van der Waals surface area contributed by atoms with Crippen molar-refractivity contribution in [2.45, 2.75) is 63.8 Å². The summed E-state index contributed by atoms with van der Waals surface area (Å²) in [7, 11) is 0. The van der Waals surface area contributed by atoms with Crippen molar-refractivity contribution in [1.82, 2.24) is 9.88 Å². The number of carbonyl (C=O) groups is 1. The number of aromatic nitrogens is 1. The molecule has 4 heterocycles. The number of benzene rings is 1. The Morgan fingerprint density at radius 3 is 2.71 bits per heavy atom. The van der Waals surface area contributed by atoms with Crippen molar-refractivity contribution in [2.75, 3.05) is 6.54 Å². The van der Waals surface area contributed by atoms with Crippen LogP contribution in [0, 0.1) is 19.4 Å². The number of pyridine rings is 1. The molecular formula is C25H27N3O3. The van der Waals surface area contributed by atoms with E-state index in [0.717, 1.165) is 41.6 Å². The molecule has 6 nitrogen and oxygen atoms in total. The summed E-state index contributed by atoms with van der Waals surface area (Å²) in [6.07, 6.45) is 6.68. The van der Waals surface area contributed by atoms with E-state index in [1.54, 1.807) is 12.3 Å². The van der Waals surface area contributed by atoms with Crippen molar-refractivity contribution in [2.24, 2.45) is 5.92 Å². The van der Waals surface area contributed by atoms with Crippen LogP contribution >= 0.6 is 0 Å². The fourth-order valence-corrected chi connectivity index (χ4v) is 5.78. The Hall–Kier alpha value is -2.75. The lowest BCUT2D eigenvalue weighted by Gasteiger charge is -2.40. The van der Waals surface area contributed by atoms with Gasteiger partial charge >= 0.3 is 5.97 Å². The van der Waals surface area contributed by atoms with Crippen LogP contribution in [0.5, 0.6) is 0 Å². The highest BCUT2D eigenvalue weighted by molar-refractivity contribution is 5.93. The smallest absolute Gasteiger partial charge is 0.338 e. The Labute approximate surface area is 182 Å². The van der Waals surface area contributed by atoms with E-state index < -0.39 is 6.10 Å². The van der Waals surface area contributed by atoms with Crippen LogP contribution in [-0.4, -0.2) is 39.6 Å². The maximum absolute atomic E-state index is 11.8. The van der Waals surface area contributed by atoms with Crippen molar-refractivity contribution in [3.8, 4) is 0 Å². The number of carbonyl (C=O) groups excluding carboxylic acids is 1. The van der Waals surface area contributed by atoms with Crippen LogP contribution in [0.1, 0.15) is 64.5 Å².